The molecule has 1 aromatic heterocycles. The number of piperidine rings is 1. The summed E-state index contributed by atoms with van der Waals surface area (Å²) < 4.78 is 33.2. The fraction of sp³-hybridized carbons (Fsp3) is 0.389. The summed E-state index contributed by atoms with van der Waals surface area (Å²) in [6.45, 7) is 0.996. The van der Waals surface area contributed by atoms with Crippen LogP contribution in [0, 0.1) is 0 Å². The largest absolute Gasteiger partial charge is 0.469 e. The van der Waals surface area contributed by atoms with Crippen LogP contribution in [0.1, 0.15) is 29.9 Å². The number of halogens is 1. The minimum atomic E-state index is -3.47. The van der Waals surface area contributed by atoms with Crippen molar-refractivity contribution in [1.82, 2.24) is 4.31 Å². The van der Waals surface area contributed by atoms with Crippen molar-refractivity contribution in [2.45, 2.75) is 29.4 Å². The average molecular weight is 458 g/mol. The van der Waals surface area contributed by atoms with E-state index in [-0.39, 0.29) is 18.3 Å². The van der Waals surface area contributed by atoms with Gasteiger partial charge in [0.1, 0.15) is 4.21 Å². The lowest BCUT2D eigenvalue weighted by atomic mass is 9.90. The van der Waals surface area contributed by atoms with Gasteiger partial charge in [-0.15, -0.1) is 11.3 Å². The number of esters is 1. The first-order valence-corrected chi connectivity index (χ1v) is 11.4. The molecule has 1 atom stereocenters. The fourth-order valence-corrected chi connectivity index (χ4v) is 6.88. The minimum absolute atomic E-state index is 0.125. The molecule has 1 unspecified atom stereocenters. The molecule has 0 amide bonds. The highest BCUT2D eigenvalue weighted by molar-refractivity contribution is 9.11. The Morgan fingerprint density at radius 3 is 2.85 bits per heavy atom. The van der Waals surface area contributed by atoms with E-state index in [2.05, 4.69) is 15.9 Å². The van der Waals surface area contributed by atoms with Gasteiger partial charge in [0.05, 0.1) is 17.3 Å². The normalized spacial score (nSPS) is 18.6. The van der Waals surface area contributed by atoms with Crippen LogP contribution in [0.15, 0.2) is 44.4 Å². The molecule has 1 aliphatic heterocycles. The quantitative estimate of drug-likeness (QED) is 0.640. The van der Waals surface area contributed by atoms with Crippen LogP contribution < -0.4 is 0 Å². The number of carbonyl (C=O) groups excluding carboxylic acids is 1. The number of carbonyl (C=O) groups is 1. The second kappa shape index (κ2) is 8.21. The predicted molar refractivity (Wildman–Crippen MR) is 105 cm³/mol. The topological polar surface area (TPSA) is 63.7 Å². The number of nitrogens with zero attached hydrogens (tertiary/aromatic N) is 1. The van der Waals surface area contributed by atoms with Gasteiger partial charge in [-0.1, -0.05) is 24.3 Å². The smallest absolute Gasteiger partial charge is 0.309 e. The van der Waals surface area contributed by atoms with E-state index in [0.717, 1.165) is 27.8 Å². The van der Waals surface area contributed by atoms with E-state index < -0.39 is 10.0 Å². The highest BCUT2D eigenvalue weighted by Crippen LogP contribution is 2.33. The maximum absolute atomic E-state index is 12.9. The zero-order chi connectivity index (χ0) is 18.7. The fourth-order valence-electron chi connectivity index (χ4n) is 3.19. The Kier molecular flexibility index (Phi) is 6.17. The lowest BCUT2D eigenvalue weighted by Gasteiger charge is -2.32. The van der Waals surface area contributed by atoms with Crippen molar-refractivity contribution in [3.8, 4) is 0 Å². The summed E-state index contributed by atoms with van der Waals surface area (Å²) in [5.74, 6) is -0.155. The molecule has 0 bridgehead atoms. The van der Waals surface area contributed by atoms with Gasteiger partial charge in [0.2, 0.25) is 0 Å². The summed E-state index contributed by atoms with van der Waals surface area (Å²) in [5, 5.41) is 0. The molecule has 2 heterocycles. The van der Waals surface area contributed by atoms with E-state index in [1.807, 2.05) is 24.3 Å². The number of methoxy groups -OCH3 is 1. The number of hydrogen-bond acceptors (Lipinski definition) is 5. The maximum atomic E-state index is 12.9. The van der Waals surface area contributed by atoms with Crippen LogP contribution in [0.3, 0.4) is 0 Å². The Hall–Kier alpha value is -1.22. The van der Waals surface area contributed by atoms with E-state index in [1.54, 1.807) is 16.4 Å². The number of sulfonamides is 1. The van der Waals surface area contributed by atoms with Gasteiger partial charge in [0.25, 0.3) is 10.0 Å². The van der Waals surface area contributed by atoms with Crippen molar-refractivity contribution in [3.05, 3.63) is 51.3 Å². The first-order chi connectivity index (χ1) is 12.4. The van der Waals surface area contributed by atoms with Crippen LogP contribution in [0.5, 0.6) is 0 Å². The van der Waals surface area contributed by atoms with E-state index >= 15 is 0 Å². The highest BCUT2D eigenvalue weighted by atomic mass is 79.9. The third kappa shape index (κ3) is 4.36. The zero-order valence-electron chi connectivity index (χ0n) is 14.4. The Morgan fingerprint density at radius 1 is 1.35 bits per heavy atom. The van der Waals surface area contributed by atoms with E-state index in [4.69, 9.17) is 4.74 Å². The van der Waals surface area contributed by atoms with Gasteiger partial charge >= 0.3 is 5.97 Å². The zero-order valence-corrected chi connectivity index (χ0v) is 17.6. The average Bonchev–Trinajstić information content (AvgIpc) is 3.09. The summed E-state index contributed by atoms with van der Waals surface area (Å²) in [7, 11) is -2.09. The number of benzene rings is 1. The molecule has 0 spiro atoms. The summed E-state index contributed by atoms with van der Waals surface area (Å²) in [6, 6.07) is 11.2. The Morgan fingerprint density at radius 2 is 2.15 bits per heavy atom. The van der Waals surface area contributed by atoms with Crippen LogP contribution in [0.2, 0.25) is 0 Å². The van der Waals surface area contributed by atoms with Crippen molar-refractivity contribution >= 4 is 43.3 Å². The van der Waals surface area contributed by atoms with Crippen LogP contribution in [0.25, 0.3) is 0 Å². The summed E-state index contributed by atoms with van der Waals surface area (Å²) >= 11 is 4.56. The van der Waals surface area contributed by atoms with Crippen LogP contribution >= 0.6 is 27.3 Å². The second-order valence-electron chi connectivity index (χ2n) is 6.26. The monoisotopic (exact) mass is 457 g/mol. The van der Waals surface area contributed by atoms with Gasteiger partial charge in [-0.2, -0.15) is 4.31 Å². The Labute approximate surface area is 166 Å². The third-order valence-electron chi connectivity index (χ3n) is 4.53. The number of rotatable bonds is 5. The molecule has 0 radical (unpaired) electrons. The standard InChI is InChI=1S/C18H20BrNO4S2/c1-24-17(21)11-13-4-2-5-14(10-13)15-6-3-9-20(12-15)26(22,23)18-8-7-16(19)25-18/h2,4-5,7-8,10,15H,3,6,9,11-12H2,1H3. The maximum Gasteiger partial charge on any atom is 0.309 e. The van der Waals surface area contributed by atoms with Gasteiger partial charge in [-0.05, 0) is 57.9 Å². The SMILES string of the molecule is COC(=O)Cc1cccc(C2CCCN(S(=O)(=O)c3ccc(Br)s3)C2)c1. The molecular formula is C18H20BrNO4S2. The third-order valence-corrected chi connectivity index (χ3v) is 8.48. The molecule has 26 heavy (non-hydrogen) atoms. The molecule has 3 rings (SSSR count). The molecule has 1 fully saturated rings. The molecule has 8 heteroatoms. The van der Waals surface area contributed by atoms with Crippen LogP contribution in [-0.4, -0.2) is 38.9 Å². The first kappa shape index (κ1) is 19.5. The van der Waals surface area contributed by atoms with Gasteiger partial charge in [-0.3, -0.25) is 4.79 Å². The molecule has 140 valence electrons. The lowest BCUT2D eigenvalue weighted by molar-refractivity contribution is -0.139. The van der Waals surface area contributed by atoms with Crippen LogP contribution in [-0.2, 0) is 26.0 Å². The summed E-state index contributed by atoms with van der Waals surface area (Å²) in [4.78, 5) is 11.5. The number of hydrogen-bond donors (Lipinski definition) is 0. The van der Waals surface area contributed by atoms with Crippen molar-refractivity contribution in [1.29, 1.82) is 0 Å². The summed E-state index contributed by atoms with van der Waals surface area (Å²) in [5.41, 5.74) is 1.95. The van der Waals surface area contributed by atoms with Crippen LogP contribution in [0.4, 0.5) is 0 Å². The minimum Gasteiger partial charge on any atom is -0.469 e. The summed E-state index contributed by atoms with van der Waals surface area (Å²) in [6.07, 6.45) is 1.97. The molecule has 1 aliphatic rings. The molecule has 1 aromatic carbocycles. The Bertz CT molecular complexity index is 894. The highest BCUT2D eigenvalue weighted by Gasteiger charge is 2.31. The van der Waals surface area contributed by atoms with Crippen molar-refractivity contribution < 1.29 is 17.9 Å². The van der Waals surface area contributed by atoms with Crippen molar-refractivity contribution in [2.24, 2.45) is 0 Å². The predicted octanol–water partition coefficient (Wildman–Crippen LogP) is 3.79. The molecule has 1 saturated heterocycles. The van der Waals surface area contributed by atoms with Gasteiger partial charge in [0.15, 0.2) is 0 Å². The molecule has 2 aromatic rings. The van der Waals surface area contributed by atoms with E-state index in [9.17, 15) is 13.2 Å². The molecular weight excluding hydrogens is 438 g/mol. The van der Waals surface area contributed by atoms with E-state index in [1.165, 1.54) is 18.4 Å². The first-order valence-electron chi connectivity index (χ1n) is 8.31. The number of thiophene rings is 1. The molecule has 0 aliphatic carbocycles. The lowest BCUT2D eigenvalue weighted by Crippen LogP contribution is -2.38. The molecule has 0 N–H and O–H groups in total. The second-order valence-corrected chi connectivity index (χ2v) is 10.9. The van der Waals surface area contributed by atoms with Gasteiger partial charge < -0.3 is 4.74 Å². The van der Waals surface area contributed by atoms with Gasteiger partial charge in [0, 0.05) is 13.1 Å². The Balaban J connectivity index is 1.78. The molecule has 0 saturated carbocycles. The van der Waals surface area contributed by atoms with Crippen molar-refractivity contribution in [3.63, 3.8) is 0 Å². The number of ether oxygens (including phenoxy) is 1. The van der Waals surface area contributed by atoms with Crippen molar-refractivity contribution in [2.75, 3.05) is 20.2 Å². The van der Waals surface area contributed by atoms with Gasteiger partial charge in [-0.25, -0.2) is 8.42 Å². The van der Waals surface area contributed by atoms with E-state index in [0.29, 0.717) is 17.3 Å². The molecule has 5 nitrogen and oxygen atoms in total.